The van der Waals surface area contributed by atoms with Crippen molar-refractivity contribution < 1.29 is 19.1 Å². The molecule has 0 atom stereocenters. The second kappa shape index (κ2) is 11.7. The molecular formula is C22H25ClN4O4. The number of carbonyl (C=O) groups is 3. The molecule has 0 bridgehead atoms. The van der Waals surface area contributed by atoms with Gasteiger partial charge in [0.1, 0.15) is 5.75 Å². The van der Waals surface area contributed by atoms with Gasteiger partial charge in [-0.05, 0) is 56.2 Å². The van der Waals surface area contributed by atoms with Crippen molar-refractivity contribution in [3.8, 4) is 5.75 Å². The van der Waals surface area contributed by atoms with Gasteiger partial charge in [0.25, 0.3) is 5.91 Å². The number of benzene rings is 2. The zero-order chi connectivity index (χ0) is 22.8. The van der Waals surface area contributed by atoms with Crippen LogP contribution in [-0.4, -0.2) is 36.6 Å². The number of rotatable bonds is 8. The first-order valence-corrected chi connectivity index (χ1v) is 10.1. The number of anilines is 1. The Balaban J connectivity index is 1.96. The first-order valence-electron chi connectivity index (χ1n) is 9.73. The van der Waals surface area contributed by atoms with Gasteiger partial charge in [0, 0.05) is 22.3 Å². The van der Waals surface area contributed by atoms with Crippen molar-refractivity contribution >= 4 is 41.2 Å². The molecule has 0 spiro atoms. The van der Waals surface area contributed by atoms with E-state index < -0.39 is 11.8 Å². The van der Waals surface area contributed by atoms with E-state index in [1.807, 2.05) is 24.3 Å². The number of amides is 3. The van der Waals surface area contributed by atoms with Crippen LogP contribution >= 0.6 is 11.6 Å². The van der Waals surface area contributed by atoms with Gasteiger partial charge in [0.2, 0.25) is 0 Å². The van der Waals surface area contributed by atoms with Gasteiger partial charge in [0.05, 0.1) is 6.21 Å². The van der Waals surface area contributed by atoms with Gasteiger partial charge in [-0.25, -0.2) is 5.43 Å². The van der Waals surface area contributed by atoms with Crippen LogP contribution < -0.4 is 20.8 Å². The second-order valence-electron chi connectivity index (χ2n) is 6.90. The Morgan fingerprint density at radius 3 is 2.45 bits per heavy atom. The monoisotopic (exact) mass is 444 g/mol. The first-order chi connectivity index (χ1) is 14.8. The normalized spacial score (nSPS) is 10.7. The number of hydrazone groups is 1. The van der Waals surface area contributed by atoms with Crippen molar-refractivity contribution in [1.29, 1.82) is 0 Å². The summed E-state index contributed by atoms with van der Waals surface area (Å²) in [5, 5.41) is 9.38. The van der Waals surface area contributed by atoms with Crippen LogP contribution in [0.3, 0.4) is 0 Å². The maximum atomic E-state index is 12.2. The summed E-state index contributed by atoms with van der Waals surface area (Å²) in [6, 6.07) is 12.1. The summed E-state index contributed by atoms with van der Waals surface area (Å²) in [4.78, 5) is 35.5. The van der Waals surface area contributed by atoms with Crippen LogP contribution in [0.5, 0.6) is 5.75 Å². The van der Waals surface area contributed by atoms with E-state index in [1.165, 1.54) is 11.8 Å². The smallest absolute Gasteiger partial charge is 0.329 e. The SMILES string of the molecule is CCc1ccc(NC(=O)COc2ccc(Cl)cc2/C=N\NC(=O)C(=O)NC(C)C)cc1. The highest BCUT2D eigenvalue weighted by molar-refractivity contribution is 6.35. The lowest BCUT2D eigenvalue weighted by molar-refractivity contribution is -0.139. The van der Waals surface area contributed by atoms with Gasteiger partial charge in [-0.3, -0.25) is 14.4 Å². The van der Waals surface area contributed by atoms with Crippen molar-refractivity contribution in [3.05, 3.63) is 58.6 Å². The van der Waals surface area contributed by atoms with E-state index in [0.29, 0.717) is 22.0 Å². The van der Waals surface area contributed by atoms with Crippen LogP contribution in [0.1, 0.15) is 31.9 Å². The van der Waals surface area contributed by atoms with E-state index in [0.717, 1.165) is 6.42 Å². The Morgan fingerprint density at radius 1 is 1.10 bits per heavy atom. The fourth-order valence-corrected chi connectivity index (χ4v) is 2.64. The first kappa shape index (κ1) is 23.9. The Morgan fingerprint density at radius 2 is 1.81 bits per heavy atom. The van der Waals surface area contributed by atoms with Crippen molar-refractivity contribution in [2.45, 2.75) is 33.2 Å². The van der Waals surface area contributed by atoms with E-state index >= 15 is 0 Å². The molecule has 0 fully saturated rings. The van der Waals surface area contributed by atoms with Crippen molar-refractivity contribution in [3.63, 3.8) is 0 Å². The summed E-state index contributed by atoms with van der Waals surface area (Å²) in [6.45, 7) is 5.29. The number of hydrogen-bond acceptors (Lipinski definition) is 5. The molecule has 0 aromatic heterocycles. The highest BCUT2D eigenvalue weighted by Gasteiger charge is 2.13. The molecule has 0 saturated carbocycles. The fourth-order valence-electron chi connectivity index (χ4n) is 2.45. The molecule has 31 heavy (non-hydrogen) atoms. The molecule has 2 rings (SSSR count). The minimum atomic E-state index is -0.900. The molecule has 8 nitrogen and oxygen atoms in total. The Labute approximate surface area is 186 Å². The van der Waals surface area contributed by atoms with Crippen molar-refractivity contribution in [2.24, 2.45) is 5.10 Å². The molecule has 2 aromatic rings. The highest BCUT2D eigenvalue weighted by Crippen LogP contribution is 2.21. The summed E-state index contributed by atoms with van der Waals surface area (Å²) in [5.41, 5.74) is 4.40. The molecule has 0 aliphatic carbocycles. The predicted octanol–water partition coefficient (Wildman–Crippen LogP) is 2.89. The van der Waals surface area contributed by atoms with Crippen LogP contribution in [0.15, 0.2) is 47.6 Å². The molecule has 0 aliphatic rings. The lowest BCUT2D eigenvalue weighted by Gasteiger charge is -2.10. The van der Waals surface area contributed by atoms with Crippen molar-refractivity contribution in [1.82, 2.24) is 10.7 Å². The maximum Gasteiger partial charge on any atom is 0.329 e. The summed E-state index contributed by atoms with van der Waals surface area (Å²) >= 11 is 6.01. The van der Waals surface area contributed by atoms with Crippen LogP contribution in [-0.2, 0) is 20.8 Å². The van der Waals surface area contributed by atoms with Gasteiger partial charge in [-0.15, -0.1) is 0 Å². The minimum absolute atomic E-state index is 0.175. The number of nitrogens with zero attached hydrogens (tertiary/aromatic N) is 1. The molecule has 3 N–H and O–H groups in total. The van der Waals surface area contributed by atoms with Crippen LogP contribution in [0.2, 0.25) is 5.02 Å². The predicted molar refractivity (Wildman–Crippen MR) is 120 cm³/mol. The van der Waals surface area contributed by atoms with Crippen LogP contribution in [0.4, 0.5) is 5.69 Å². The molecule has 3 amide bonds. The van der Waals surface area contributed by atoms with Crippen molar-refractivity contribution in [2.75, 3.05) is 11.9 Å². The number of hydrogen-bond donors (Lipinski definition) is 3. The fraction of sp³-hybridized carbons (Fsp3) is 0.273. The van der Waals surface area contributed by atoms with E-state index in [2.05, 4.69) is 28.1 Å². The number of ether oxygens (including phenoxy) is 1. The number of carbonyl (C=O) groups excluding carboxylic acids is 3. The third-order valence-corrected chi connectivity index (χ3v) is 4.21. The van der Waals surface area contributed by atoms with Gasteiger partial charge in [-0.2, -0.15) is 5.10 Å². The van der Waals surface area contributed by atoms with Gasteiger partial charge < -0.3 is 15.4 Å². The van der Waals surface area contributed by atoms with E-state index in [1.54, 1.807) is 32.0 Å². The van der Waals surface area contributed by atoms with Gasteiger partial charge >= 0.3 is 11.8 Å². The molecule has 0 aliphatic heterocycles. The standard InChI is InChI=1S/C22H25ClN4O4/c1-4-15-5-8-18(9-6-15)26-20(28)13-31-19-10-7-17(23)11-16(19)12-24-27-22(30)21(29)25-14(2)3/h5-12,14H,4,13H2,1-3H3,(H,25,29)(H,26,28)(H,27,30)/b24-12-. The zero-order valence-electron chi connectivity index (χ0n) is 17.6. The summed E-state index contributed by atoms with van der Waals surface area (Å²) in [7, 11) is 0. The second-order valence-corrected chi connectivity index (χ2v) is 7.33. The average Bonchev–Trinajstić information content (AvgIpc) is 2.73. The zero-order valence-corrected chi connectivity index (χ0v) is 18.3. The van der Waals surface area contributed by atoms with E-state index in [9.17, 15) is 14.4 Å². The summed E-state index contributed by atoms with van der Waals surface area (Å²) in [5.74, 6) is -1.69. The molecule has 0 saturated heterocycles. The van der Waals surface area contributed by atoms with Crippen LogP contribution in [0, 0.1) is 0 Å². The molecule has 2 aromatic carbocycles. The molecule has 9 heteroatoms. The molecule has 0 heterocycles. The lowest BCUT2D eigenvalue weighted by Crippen LogP contribution is -2.41. The summed E-state index contributed by atoms with van der Waals surface area (Å²) < 4.78 is 5.57. The Hall–Kier alpha value is -3.39. The van der Waals surface area contributed by atoms with Gasteiger partial charge in [0.15, 0.2) is 6.61 Å². The topological polar surface area (TPSA) is 109 Å². The Kier molecular flexibility index (Phi) is 9.02. The summed E-state index contributed by atoms with van der Waals surface area (Å²) in [6.07, 6.45) is 2.20. The molecule has 0 unspecified atom stereocenters. The maximum absolute atomic E-state index is 12.2. The Bertz CT molecular complexity index is 958. The average molecular weight is 445 g/mol. The van der Waals surface area contributed by atoms with Crippen LogP contribution in [0.25, 0.3) is 0 Å². The molecule has 164 valence electrons. The lowest BCUT2D eigenvalue weighted by atomic mass is 10.1. The third kappa shape index (κ3) is 8.10. The quantitative estimate of drug-likeness (QED) is 0.330. The molecule has 0 radical (unpaired) electrons. The number of aryl methyl sites for hydroxylation is 1. The third-order valence-electron chi connectivity index (χ3n) is 3.97. The largest absolute Gasteiger partial charge is 0.483 e. The van der Waals surface area contributed by atoms with E-state index in [4.69, 9.17) is 16.3 Å². The number of nitrogens with one attached hydrogen (secondary N) is 3. The van der Waals surface area contributed by atoms with Gasteiger partial charge in [-0.1, -0.05) is 30.7 Å². The van der Waals surface area contributed by atoms with E-state index in [-0.39, 0.29) is 18.6 Å². The number of halogens is 1. The minimum Gasteiger partial charge on any atom is -0.483 e. The highest BCUT2D eigenvalue weighted by atomic mass is 35.5. The molecular weight excluding hydrogens is 420 g/mol.